The van der Waals surface area contributed by atoms with Gasteiger partial charge in [-0.15, -0.1) is 0 Å². The lowest BCUT2D eigenvalue weighted by atomic mass is 10.1. The SMILES string of the molecule is Oc1cc2ccccc2cc1C=NNc1nc(-c2ccccc2)c2cc(Br)ccc2n1. The van der Waals surface area contributed by atoms with E-state index in [2.05, 4.69) is 31.4 Å². The quantitative estimate of drug-likeness (QED) is 0.237. The largest absolute Gasteiger partial charge is 0.507 e. The molecule has 0 saturated heterocycles. The van der Waals surface area contributed by atoms with Crippen LogP contribution < -0.4 is 5.43 Å². The summed E-state index contributed by atoms with van der Waals surface area (Å²) in [5.74, 6) is 0.545. The summed E-state index contributed by atoms with van der Waals surface area (Å²) in [6.45, 7) is 0. The van der Waals surface area contributed by atoms with E-state index >= 15 is 0 Å². The molecule has 0 spiro atoms. The number of phenolic OH excluding ortho intramolecular Hbond substituents is 1. The average Bonchev–Trinajstić information content (AvgIpc) is 2.79. The summed E-state index contributed by atoms with van der Waals surface area (Å²) < 4.78 is 0.964. The molecule has 1 heterocycles. The molecule has 0 aliphatic heterocycles. The summed E-state index contributed by atoms with van der Waals surface area (Å²) in [6.07, 6.45) is 1.57. The molecular formula is C25H17BrN4O. The molecule has 5 aromatic rings. The van der Waals surface area contributed by atoms with Gasteiger partial charge in [-0.3, -0.25) is 0 Å². The Hall–Kier alpha value is -3.77. The van der Waals surface area contributed by atoms with Gasteiger partial charge in [0, 0.05) is 21.0 Å². The molecule has 0 radical (unpaired) electrons. The van der Waals surface area contributed by atoms with E-state index in [0.29, 0.717) is 11.5 Å². The minimum absolute atomic E-state index is 0.165. The lowest BCUT2D eigenvalue weighted by Gasteiger charge is -2.09. The minimum atomic E-state index is 0.165. The number of aromatic nitrogens is 2. The van der Waals surface area contributed by atoms with Gasteiger partial charge in [0.25, 0.3) is 0 Å². The number of phenols is 1. The van der Waals surface area contributed by atoms with Crippen molar-refractivity contribution in [2.45, 2.75) is 0 Å². The van der Waals surface area contributed by atoms with Crippen LogP contribution in [0.25, 0.3) is 32.9 Å². The highest BCUT2D eigenvalue weighted by atomic mass is 79.9. The topological polar surface area (TPSA) is 70.4 Å². The van der Waals surface area contributed by atoms with Crippen molar-refractivity contribution in [2.24, 2.45) is 5.10 Å². The smallest absolute Gasteiger partial charge is 0.244 e. The fraction of sp³-hybridized carbons (Fsp3) is 0. The average molecular weight is 469 g/mol. The number of hydrogen-bond acceptors (Lipinski definition) is 5. The van der Waals surface area contributed by atoms with Gasteiger partial charge in [0.1, 0.15) is 5.75 Å². The molecule has 1 aromatic heterocycles. The number of anilines is 1. The highest BCUT2D eigenvalue weighted by Gasteiger charge is 2.10. The molecule has 150 valence electrons. The number of hydrazone groups is 1. The first-order valence-corrected chi connectivity index (χ1v) is 10.5. The molecule has 4 aromatic carbocycles. The Labute approximate surface area is 187 Å². The fourth-order valence-electron chi connectivity index (χ4n) is 3.48. The van der Waals surface area contributed by atoms with Crippen LogP contribution in [0.2, 0.25) is 0 Å². The second kappa shape index (κ2) is 8.16. The normalized spacial score (nSPS) is 11.4. The highest BCUT2D eigenvalue weighted by Crippen LogP contribution is 2.29. The number of nitrogens with one attached hydrogen (secondary N) is 1. The third-order valence-corrected chi connectivity index (χ3v) is 5.46. The van der Waals surface area contributed by atoms with Crippen LogP contribution in [0.5, 0.6) is 5.75 Å². The first-order valence-electron chi connectivity index (χ1n) is 9.71. The summed E-state index contributed by atoms with van der Waals surface area (Å²) in [5, 5.41) is 17.5. The van der Waals surface area contributed by atoms with E-state index in [1.54, 1.807) is 12.3 Å². The first-order chi connectivity index (χ1) is 15.2. The standard InChI is InChI=1S/C25H17BrN4O/c26-20-10-11-22-21(14-20)24(16-6-2-1-3-7-16)29-25(28-22)30-27-15-19-12-17-8-4-5-9-18(17)13-23(19)31/h1-15,31H,(H,28,29,30). The summed E-state index contributed by atoms with van der Waals surface area (Å²) in [4.78, 5) is 9.28. The molecule has 0 aliphatic rings. The molecule has 0 bridgehead atoms. The van der Waals surface area contributed by atoms with Gasteiger partial charge in [-0.05, 0) is 41.1 Å². The number of aromatic hydroxyl groups is 1. The summed E-state index contributed by atoms with van der Waals surface area (Å²) >= 11 is 3.53. The molecule has 0 unspecified atom stereocenters. The van der Waals surface area contributed by atoms with Gasteiger partial charge in [-0.25, -0.2) is 15.4 Å². The number of rotatable bonds is 4. The maximum Gasteiger partial charge on any atom is 0.244 e. The van der Waals surface area contributed by atoms with Crippen LogP contribution in [0.3, 0.4) is 0 Å². The lowest BCUT2D eigenvalue weighted by molar-refractivity contribution is 0.475. The maximum absolute atomic E-state index is 10.3. The third kappa shape index (κ3) is 3.98. The fourth-order valence-corrected chi connectivity index (χ4v) is 3.84. The van der Waals surface area contributed by atoms with Gasteiger partial charge in [-0.2, -0.15) is 5.10 Å². The van der Waals surface area contributed by atoms with Crippen molar-refractivity contribution in [1.29, 1.82) is 0 Å². The number of halogens is 1. The molecule has 2 N–H and O–H groups in total. The Morgan fingerprint density at radius 2 is 1.58 bits per heavy atom. The van der Waals surface area contributed by atoms with Crippen molar-refractivity contribution >= 4 is 49.8 Å². The Bertz CT molecular complexity index is 1430. The zero-order valence-corrected chi connectivity index (χ0v) is 17.9. The summed E-state index contributed by atoms with van der Waals surface area (Å²) in [7, 11) is 0. The van der Waals surface area contributed by atoms with Crippen LogP contribution in [-0.4, -0.2) is 21.3 Å². The van der Waals surface area contributed by atoms with Gasteiger partial charge in [0.15, 0.2) is 0 Å². The van der Waals surface area contributed by atoms with Crippen LogP contribution in [0, 0.1) is 0 Å². The van der Waals surface area contributed by atoms with Crippen molar-refractivity contribution in [1.82, 2.24) is 9.97 Å². The van der Waals surface area contributed by atoms with E-state index in [0.717, 1.165) is 37.4 Å². The van der Waals surface area contributed by atoms with Crippen LogP contribution in [0.15, 0.2) is 94.5 Å². The second-order valence-electron chi connectivity index (χ2n) is 7.05. The van der Waals surface area contributed by atoms with Crippen molar-refractivity contribution in [3.63, 3.8) is 0 Å². The van der Waals surface area contributed by atoms with Gasteiger partial charge < -0.3 is 5.11 Å². The Morgan fingerprint density at radius 1 is 0.839 bits per heavy atom. The molecule has 0 atom stereocenters. The maximum atomic E-state index is 10.3. The molecular weight excluding hydrogens is 452 g/mol. The van der Waals surface area contributed by atoms with Crippen molar-refractivity contribution in [3.8, 4) is 17.0 Å². The first kappa shape index (κ1) is 19.2. The third-order valence-electron chi connectivity index (χ3n) is 4.97. The molecule has 5 nitrogen and oxygen atoms in total. The lowest BCUT2D eigenvalue weighted by Crippen LogP contribution is -2.00. The van der Waals surface area contributed by atoms with E-state index in [4.69, 9.17) is 4.98 Å². The zero-order chi connectivity index (χ0) is 21.2. The zero-order valence-electron chi connectivity index (χ0n) is 16.3. The Balaban J connectivity index is 1.51. The van der Waals surface area contributed by atoms with E-state index in [1.165, 1.54) is 0 Å². The molecule has 0 fully saturated rings. The monoisotopic (exact) mass is 468 g/mol. The van der Waals surface area contributed by atoms with E-state index < -0.39 is 0 Å². The summed E-state index contributed by atoms with van der Waals surface area (Å²) in [6, 6.07) is 27.4. The predicted octanol–water partition coefficient (Wildman–Crippen LogP) is 6.36. The molecule has 0 saturated carbocycles. The number of nitrogens with zero attached hydrogens (tertiary/aromatic N) is 3. The molecule has 0 aliphatic carbocycles. The van der Waals surface area contributed by atoms with Crippen LogP contribution in [-0.2, 0) is 0 Å². The Morgan fingerprint density at radius 3 is 2.39 bits per heavy atom. The molecule has 0 amide bonds. The van der Waals surface area contributed by atoms with E-state index in [9.17, 15) is 5.11 Å². The summed E-state index contributed by atoms with van der Waals surface area (Å²) in [5.41, 5.74) is 6.14. The predicted molar refractivity (Wildman–Crippen MR) is 130 cm³/mol. The molecule has 5 rings (SSSR count). The van der Waals surface area contributed by atoms with Gasteiger partial charge in [0.05, 0.1) is 17.4 Å². The number of hydrogen-bond donors (Lipinski definition) is 2. The van der Waals surface area contributed by atoms with Crippen molar-refractivity contribution in [3.05, 3.63) is 95.0 Å². The van der Waals surface area contributed by atoms with Crippen LogP contribution >= 0.6 is 15.9 Å². The molecule has 6 heteroatoms. The van der Waals surface area contributed by atoms with E-state index in [1.807, 2.05) is 78.9 Å². The number of benzene rings is 4. The molecule has 31 heavy (non-hydrogen) atoms. The highest BCUT2D eigenvalue weighted by molar-refractivity contribution is 9.10. The van der Waals surface area contributed by atoms with Crippen molar-refractivity contribution < 1.29 is 5.11 Å². The second-order valence-corrected chi connectivity index (χ2v) is 7.97. The van der Waals surface area contributed by atoms with Crippen LogP contribution in [0.4, 0.5) is 5.95 Å². The number of fused-ring (bicyclic) bond motifs is 2. The minimum Gasteiger partial charge on any atom is -0.507 e. The Kier molecular flexibility index (Phi) is 5.06. The van der Waals surface area contributed by atoms with Gasteiger partial charge in [-0.1, -0.05) is 70.5 Å². The van der Waals surface area contributed by atoms with Crippen molar-refractivity contribution in [2.75, 3.05) is 5.43 Å². The van der Waals surface area contributed by atoms with Crippen LogP contribution in [0.1, 0.15) is 5.56 Å². The van der Waals surface area contributed by atoms with Gasteiger partial charge >= 0.3 is 0 Å². The van der Waals surface area contributed by atoms with Gasteiger partial charge in [0.2, 0.25) is 5.95 Å². The van der Waals surface area contributed by atoms with E-state index in [-0.39, 0.29) is 5.75 Å².